The number of carbonyl (C=O) groups is 3. The molecule has 0 aromatic rings. The molecule has 0 radical (unpaired) electrons. The zero-order valence-electron chi connectivity index (χ0n) is 26.5. The van der Waals surface area contributed by atoms with Gasteiger partial charge in [0.25, 0.3) is 0 Å². The fourth-order valence-corrected chi connectivity index (χ4v) is 7.49. The molecule has 0 aromatic carbocycles. The summed E-state index contributed by atoms with van der Waals surface area (Å²) in [5.41, 5.74) is -0.909. The van der Waals surface area contributed by atoms with Crippen molar-refractivity contribution in [3.05, 3.63) is 23.3 Å². The number of carboxylic acids is 1. The van der Waals surface area contributed by atoms with Crippen molar-refractivity contribution in [3.8, 4) is 6.07 Å². The van der Waals surface area contributed by atoms with Crippen molar-refractivity contribution < 1.29 is 19.5 Å². The lowest BCUT2D eigenvalue weighted by molar-refractivity contribution is -0.140. The predicted octanol–water partition coefficient (Wildman–Crippen LogP) is 8.49. The van der Waals surface area contributed by atoms with E-state index in [1.165, 1.54) is 0 Å². The average molecular weight is 540 g/mol. The van der Waals surface area contributed by atoms with E-state index < -0.39 is 16.8 Å². The van der Waals surface area contributed by atoms with Gasteiger partial charge in [-0.25, -0.2) is 0 Å². The molecule has 0 heterocycles. The molecular formula is C34H53NO4. The van der Waals surface area contributed by atoms with Gasteiger partial charge in [0.1, 0.15) is 6.07 Å². The second kappa shape index (κ2) is 11.0. The number of ketones is 2. The maximum atomic E-state index is 13.2. The van der Waals surface area contributed by atoms with Crippen molar-refractivity contribution in [1.29, 1.82) is 5.26 Å². The van der Waals surface area contributed by atoms with Crippen LogP contribution >= 0.6 is 0 Å². The highest BCUT2D eigenvalue weighted by molar-refractivity contribution is 6.04. The van der Waals surface area contributed by atoms with Gasteiger partial charge in [0.05, 0.1) is 12.0 Å². The standard InChI is InChI=1S/C34H53NO4/c1-12-29(3,4)15-17-32(9,21-27(37)38)18-16-30(5,6)34(11)14-13-25-31(7,8)28(39)24(22-35)20-33(25,10)26(34)19-23(2)36/h19-20,25H,12-18,21H2,1-11H3,(H,37,38)/b26-19-/t25-,32-,33-,34+/m0/s1. The van der Waals surface area contributed by atoms with Crippen LogP contribution in [0, 0.1) is 49.7 Å². The van der Waals surface area contributed by atoms with Crippen LogP contribution in [0.2, 0.25) is 0 Å². The predicted molar refractivity (Wildman–Crippen MR) is 157 cm³/mol. The van der Waals surface area contributed by atoms with Crippen LogP contribution in [0.3, 0.4) is 0 Å². The third-order valence-corrected chi connectivity index (χ3v) is 11.2. The van der Waals surface area contributed by atoms with Crippen LogP contribution in [0.1, 0.15) is 128 Å². The fraction of sp³-hybridized carbons (Fsp3) is 0.765. The number of nitriles is 1. The molecule has 5 heteroatoms. The highest BCUT2D eigenvalue weighted by atomic mass is 16.4. The second-order valence-corrected chi connectivity index (χ2v) is 15.4. The van der Waals surface area contributed by atoms with Gasteiger partial charge < -0.3 is 5.11 Å². The third-order valence-electron chi connectivity index (χ3n) is 11.2. The van der Waals surface area contributed by atoms with Crippen LogP contribution in [0.25, 0.3) is 0 Å². The molecule has 2 rings (SSSR count). The van der Waals surface area contributed by atoms with E-state index in [-0.39, 0.29) is 51.1 Å². The Morgan fingerprint density at radius 3 is 2.13 bits per heavy atom. The van der Waals surface area contributed by atoms with E-state index >= 15 is 0 Å². The summed E-state index contributed by atoms with van der Waals surface area (Å²) in [6, 6.07) is 2.15. The summed E-state index contributed by atoms with van der Waals surface area (Å²) >= 11 is 0. The quantitative estimate of drug-likeness (QED) is 0.266. The van der Waals surface area contributed by atoms with Gasteiger partial charge in [0.15, 0.2) is 11.6 Å². The lowest BCUT2D eigenvalue weighted by Gasteiger charge is -2.61. The Morgan fingerprint density at radius 1 is 1.08 bits per heavy atom. The Bertz CT molecular complexity index is 1100. The van der Waals surface area contributed by atoms with E-state index in [9.17, 15) is 24.8 Å². The van der Waals surface area contributed by atoms with Gasteiger partial charge in [-0.05, 0) is 79.1 Å². The summed E-state index contributed by atoms with van der Waals surface area (Å²) in [4.78, 5) is 37.8. The minimum Gasteiger partial charge on any atom is -0.481 e. The number of rotatable bonds is 11. The number of carbonyl (C=O) groups excluding carboxylic acids is 2. The number of carboxylic acid groups (broad SMARTS) is 1. The maximum absolute atomic E-state index is 13.2. The fourth-order valence-electron chi connectivity index (χ4n) is 7.49. The third kappa shape index (κ3) is 6.41. The van der Waals surface area contributed by atoms with Crippen molar-refractivity contribution in [3.63, 3.8) is 0 Å². The van der Waals surface area contributed by atoms with Crippen LogP contribution < -0.4 is 0 Å². The van der Waals surface area contributed by atoms with Crippen molar-refractivity contribution in [2.24, 2.45) is 38.4 Å². The van der Waals surface area contributed by atoms with Crippen LogP contribution in [-0.4, -0.2) is 22.6 Å². The molecule has 0 aromatic heterocycles. The molecule has 2 aliphatic rings. The molecule has 0 bridgehead atoms. The normalized spacial score (nSPS) is 29.7. The Kier molecular flexibility index (Phi) is 9.29. The largest absolute Gasteiger partial charge is 0.481 e. The number of fused-ring (bicyclic) bond motifs is 1. The van der Waals surface area contributed by atoms with Crippen LogP contribution in [-0.2, 0) is 14.4 Å². The smallest absolute Gasteiger partial charge is 0.303 e. The van der Waals surface area contributed by atoms with Crippen molar-refractivity contribution in [1.82, 2.24) is 0 Å². The van der Waals surface area contributed by atoms with E-state index in [2.05, 4.69) is 61.5 Å². The minimum absolute atomic E-state index is 0.0161. The van der Waals surface area contributed by atoms with Crippen LogP contribution in [0.4, 0.5) is 0 Å². The molecule has 0 unspecified atom stereocenters. The van der Waals surface area contributed by atoms with Crippen molar-refractivity contribution in [2.45, 2.75) is 128 Å². The molecule has 218 valence electrons. The summed E-state index contributed by atoms with van der Waals surface area (Å²) in [5.74, 6) is -0.924. The van der Waals surface area contributed by atoms with Gasteiger partial charge in [0, 0.05) is 10.8 Å². The summed E-state index contributed by atoms with van der Waals surface area (Å²) in [5, 5.41) is 19.6. The minimum atomic E-state index is -0.760. The summed E-state index contributed by atoms with van der Waals surface area (Å²) in [7, 11) is 0. The van der Waals surface area contributed by atoms with Gasteiger partial charge >= 0.3 is 5.97 Å². The molecule has 0 amide bonds. The summed E-state index contributed by atoms with van der Waals surface area (Å²) in [6.45, 7) is 23.1. The number of allylic oxidation sites excluding steroid dienone is 4. The van der Waals surface area contributed by atoms with Gasteiger partial charge in [-0.1, -0.05) is 87.3 Å². The maximum Gasteiger partial charge on any atom is 0.303 e. The molecule has 0 saturated heterocycles. The first-order valence-corrected chi connectivity index (χ1v) is 14.7. The summed E-state index contributed by atoms with van der Waals surface area (Å²) in [6.07, 6.45) is 9.86. The SMILES string of the molecule is CCC(C)(C)CC[C@@](C)(CCC(C)(C)[C@]1(C)CC[C@H]2C(C)(C)C(=O)C(C#N)=C[C@]2(C)/C1=C/C(C)=O)CC(=O)O. The molecule has 0 aliphatic heterocycles. The van der Waals surface area contributed by atoms with E-state index in [0.717, 1.165) is 50.5 Å². The van der Waals surface area contributed by atoms with Crippen molar-refractivity contribution in [2.75, 3.05) is 0 Å². The molecule has 0 spiro atoms. The van der Waals surface area contributed by atoms with E-state index in [1.54, 1.807) is 13.0 Å². The molecular weight excluding hydrogens is 486 g/mol. The Hall–Kier alpha value is -2.22. The molecule has 1 fully saturated rings. The van der Waals surface area contributed by atoms with E-state index in [4.69, 9.17) is 0 Å². The second-order valence-electron chi connectivity index (χ2n) is 15.4. The van der Waals surface area contributed by atoms with Gasteiger partial charge in [-0.15, -0.1) is 0 Å². The highest BCUT2D eigenvalue weighted by Crippen LogP contribution is 2.67. The number of nitrogens with zero attached hydrogens (tertiary/aromatic N) is 1. The van der Waals surface area contributed by atoms with Crippen LogP contribution in [0.5, 0.6) is 0 Å². The van der Waals surface area contributed by atoms with Crippen molar-refractivity contribution >= 4 is 17.5 Å². The molecule has 1 N–H and O–H groups in total. The monoisotopic (exact) mass is 539 g/mol. The first-order chi connectivity index (χ1) is 17.6. The average Bonchev–Trinajstić information content (AvgIpc) is 2.81. The Morgan fingerprint density at radius 2 is 1.64 bits per heavy atom. The van der Waals surface area contributed by atoms with Crippen LogP contribution in [0.15, 0.2) is 23.3 Å². The number of hydrogen-bond acceptors (Lipinski definition) is 4. The lowest BCUT2D eigenvalue weighted by atomic mass is 9.42. The zero-order valence-corrected chi connectivity index (χ0v) is 26.5. The molecule has 5 nitrogen and oxygen atoms in total. The lowest BCUT2D eigenvalue weighted by Crippen LogP contribution is -2.55. The highest BCUT2D eigenvalue weighted by Gasteiger charge is 2.61. The van der Waals surface area contributed by atoms with Gasteiger partial charge in [-0.3, -0.25) is 14.4 Å². The Labute approximate surface area is 237 Å². The number of Topliss-reactive ketones (excluding diaryl/α,β-unsaturated/α-hetero) is 1. The van der Waals surface area contributed by atoms with E-state index in [0.29, 0.717) is 0 Å². The zero-order chi connectivity index (χ0) is 30.2. The topological polar surface area (TPSA) is 95.2 Å². The Balaban J connectivity index is 2.55. The summed E-state index contributed by atoms with van der Waals surface area (Å²) < 4.78 is 0. The van der Waals surface area contributed by atoms with E-state index in [1.807, 2.05) is 19.9 Å². The first-order valence-electron chi connectivity index (χ1n) is 14.7. The first kappa shape index (κ1) is 33.0. The number of aliphatic carboxylic acids is 1. The van der Waals surface area contributed by atoms with Gasteiger partial charge in [0.2, 0.25) is 0 Å². The molecule has 4 atom stereocenters. The molecule has 1 saturated carbocycles. The molecule has 2 aliphatic carbocycles. The van der Waals surface area contributed by atoms with Gasteiger partial charge in [-0.2, -0.15) is 5.26 Å². The molecule has 39 heavy (non-hydrogen) atoms. The number of hydrogen-bond donors (Lipinski definition) is 1.